The number of carbonyl (C=O) groups is 1. The number of benzene rings is 1. The Kier molecular flexibility index (Phi) is 5.94. The van der Waals surface area contributed by atoms with E-state index in [1.165, 1.54) is 30.0 Å². The van der Waals surface area contributed by atoms with Gasteiger partial charge in [-0.15, -0.1) is 0 Å². The molecule has 0 spiro atoms. The normalized spacial score (nSPS) is 10.8. The largest absolute Gasteiger partial charge is 0.373 e. The lowest BCUT2D eigenvalue weighted by Crippen LogP contribution is -2.37. The van der Waals surface area contributed by atoms with Gasteiger partial charge in [0.2, 0.25) is 5.91 Å². The van der Waals surface area contributed by atoms with Gasteiger partial charge in [0, 0.05) is 52.2 Å². The Morgan fingerprint density at radius 1 is 1.20 bits per heavy atom. The molecule has 1 heterocycles. The SMILES string of the molecule is CN(CCNC(=O)/C=C/c1cn(C)c(=O)n(C)c1=O)c1ccccc1. The van der Waals surface area contributed by atoms with Crippen LogP contribution in [0, 0.1) is 0 Å². The number of aromatic nitrogens is 2. The predicted octanol–water partition coefficient (Wildman–Crippen LogP) is 0.350. The van der Waals surface area contributed by atoms with Gasteiger partial charge in [0.05, 0.1) is 5.56 Å². The second-order valence-corrected chi connectivity index (χ2v) is 5.72. The molecule has 7 nitrogen and oxygen atoms in total. The van der Waals surface area contributed by atoms with Gasteiger partial charge < -0.3 is 14.8 Å². The third kappa shape index (κ3) is 4.69. The van der Waals surface area contributed by atoms with Crippen LogP contribution in [0.1, 0.15) is 5.56 Å². The van der Waals surface area contributed by atoms with Crippen molar-refractivity contribution in [2.75, 3.05) is 25.0 Å². The monoisotopic (exact) mass is 342 g/mol. The van der Waals surface area contributed by atoms with Gasteiger partial charge in [-0.25, -0.2) is 4.79 Å². The second-order valence-electron chi connectivity index (χ2n) is 5.72. The summed E-state index contributed by atoms with van der Waals surface area (Å²) in [6, 6.07) is 9.86. The highest BCUT2D eigenvalue weighted by atomic mass is 16.2. The van der Waals surface area contributed by atoms with Crippen molar-refractivity contribution in [3.05, 3.63) is 69.0 Å². The molecule has 1 aromatic heterocycles. The maximum Gasteiger partial charge on any atom is 0.330 e. The van der Waals surface area contributed by atoms with Crippen LogP contribution >= 0.6 is 0 Å². The minimum atomic E-state index is -0.434. The summed E-state index contributed by atoms with van der Waals surface area (Å²) >= 11 is 0. The maximum absolute atomic E-state index is 12.0. The van der Waals surface area contributed by atoms with Crippen molar-refractivity contribution in [1.29, 1.82) is 0 Å². The van der Waals surface area contributed by atoms with Gasteiger partial charge in [-0.1, -0.05) is 18.2 Å². The van der Waals surface area contributed by atoms with Crippen molar-refractivity contribution in [3.63, 3.8) is 0 Å². The van der Waals surface area contributed by atoms with E-state index in [9.17, 15) is 14.4 Å². The quantitative estimate of drug-likeness (QED) is 0.769. The highest BCUT2D eigenvalue weighted by molar-refractivity contribution is 5.91. The van der Waals surface area contributed by atoms with Crippen LogP contribution in [-0.4, -0.2) is 35.2 Å². The number of nitrogens with zero attached hydrogens (tertiary/aromatic N) is 3. The first-order valence-corrected chi connectivity index (χ1v) is 7.89. The van der Waals surface area contributed by atoms with E-state index in [-0.39, 0.29) is 11.5 Å². The molecule has 132 valence electrons. The van der Waals surface area contributed by atoms with Crippen LogP contribution in [-0.2, 0) is 18.9 Å². The van der Waals surface area contributed by atoms with Crippen molar-refractivity contribution in [2.24, 2.45) is 14.1 Å². The highest BCUT2D eigenvalue weighted by Crippen LogP contribution is 2.09. The number of aryl methyl sites for hydroxylation is 1. The van der Waals surface area contributed by atoms with Crippen molar-refractivity contribution >= 4 is 17.7 Å². The van der Waals surface area contributed by atoms with Crippen LogP contribution in [0.2, 0.25) is 0 Å². The molecular weight excluding hydrogens is 320 g/mol. The fourth-order valence-electron chi connectivity index (χ4n) is 2.33. The molecule has 0 aliphatic rings. The number of hydrogen-bond acceptors (Lipinski definition) is 4. The lowest BCUT2D eigenvalue weighted by molar-refractivity contribution is -0.116. The smallest absolute Gasteiger partial charge is 0.330 e. The zero-order chi connectivity index (χ0) is 18.4. The van der Waals surface area contributed by atoms with E-state index >= 15 is 0 Å². The summed E-state index contributed by atoms with van der Waals surface area (Å²) in [6.45, 7) is 1.13. The molecule has 0 atom stereocenters. The number of carbonyl (C=O) groups excluding carboxylic acids is 1. The van der Waals surface area contributed by atoms with E-state index in [1.807, 2.05) is 42.3 Å². The molecule has 25 heavy (non-hydrogen) atoms. The standard InChI is InChI=1S/C18H22N4O3/c1-20(15-7-5-4-6-8-15)12-11-19-16(23)10-9-14-13-21(2)18(25)22(3)17(14)24/h4-10,13H,11-12H2,1-3H3,(H,19,23)/b10-9+. The molecule has 0 saturated heterocycles. The molecule has 1 N–H and O–H groups in total. The minimum absolute atomic E-state index is 0.279. The summed E-state index contributed by atoms with van der Waals surface area (Å²) in [6.07, 6.45) is 4.12. The van der Waals surface area contributed by atoms with Crippen molar-refractivity contribution < 1.29 is 4.79 Å². The van der Waals surface area contributed by atoms with Gasteiger partial charge in [0.15, 0.2) is 0 Å². The molecule has 0 unspecified atom stereocenters. The Balaban J connectivity index is 1.92. The van der Waals surface area contributed by atoms with E-state index in [2.05, 4.69) is 5.32 Å². The van der Waals surface area contributed by atoms with Gasteiger partial charge in [0.1, 0.15) is 0 Å². The molecule has 0 fully saturated rings. The number of amides is 1. The van der Waals surface area contributed by atoms with E-state index < -0.39 is 11.2 Å². The van der Waals surface area contributed by atoms with Gasteiger partial charge in [-0.3, -0.25) is 14.2 Å². The lowest BCUT2D eigenvalue weighted by atomic mass is 10.3. The lowest BCUT2D eigenvalue weighted by Gasteiger charge is -2.19. The molecule has 2 rings (SSSR count). The second kappa shape index (κ2) is 8.14. The molecule has 1 amide bonds. The van der Waals surface area contributed by atoms with E-state index in [0.29, 0.717) is 13.1 Å². The minimum Gasteiger partial charge on any atom is -0.373 e. The Labute approximate surface area is 145 Å². The summed E-state index contributed by atoms with van der Waals surface area (Å²) in [7, 11) is 4.91. The first-order chi connectivity index (χ1) is 11.9. The molecule has 2 aromatic rings. The van der Waals surface area contributed by atoms with Crippen LogP contribution in [0.4, 0.5) is 5.69 Å². The van der Waals surface area contributed by atoms with Crippen molar-refractivity contribution in [3.8, 4) is 0 Å². The summed E-state index contributed by atoms with van der Waals surface area (Å²) in [4.78, 5) is 37.5. The topological polar surface area (TPSA) is 76.3 Å². The van der Waals surface area contributed by atoms with E-state index in [4.69, 9.17) is 0 Å². The molecule has 0 radical (unpaired) electrons. The van der Waals surface area contributed by atoms with E-state index in [1.54, 1.807) is 7.05 Å². The third-order valence-corrected chi connectivity index (χ3v) is 3.83. The first kappa shape index (κ1) is 18.3. The number of para-hydroxylation sites is 1. The highest BCUT2D eigenvalue weighted by Gasteiger charge is 2.05. The molecular formula is C18H22N4O3. The Morgan fingerprint density at radius 2 is 1.88 bits per heavy atom. The predicted molar refractivity (Wildman–Crippen MR) is 98.7 cm³/mol. The zero-order valence-corrected chi connectivity index (χ0v) is 14.6. The summed E-state index contributed by atoms with van der Waals surface area (Å²) < 4.78 is 2.31. The van der Waals surface area contributed by atoms with E-state index in [0.717, 1.165) is 10.3 Å². The van der Waals surface area contributed by atoms with Crippen LogP contribution in [0.15, 0.2) is 52.2 Å². The molecule has 0 saturated carbocycles. The maximum atomic E-state index is 12.0. The molecule has 1 aromatic carbocycles. The first-order valence-electron chi connectivity index (χ1n) is 7.89. The number of nitrogens with one attached hydrogen (secondary N) is 1. The third-order valence-electron chi connectivity index (χ3n) is 3.83. The van der Waals surface area contributed by atoms with Gasteiger partial charge in [-0.2, -0.15) is 0 Å². The summed E-state index contributed by atoms with van der Waals surface area (Å²) in [5.41, 5.74) is 0.508. The molecule has 0 bridgehead atoms. The van der Waals surface area contributed by atoms with Crippen molar-refractivity contribution in [1.82, 2.24) is 14.5 Å². The average Bonchev–Trinajstić information content (AvgIpc) is 2.62. The Hall–Kier alpha value is -3.09. The van der Waals surface area contributed by atoms with Crippen molar-refractivity contribution in [2.45, 2.75) is 0 Å². The number of rotatable bonds is 6. The number of anilines is 1. The van der Waals surface area contributed by atoms with Crippen LogP contribution < -0.4 is 21.5 Å². The number of hydrogen-bond donors (Lipinski definition) is 1. The van der Waals surface area contributed by atoms with Crippen LogP contribution in [0.25, 0.3) is 6.08 Å². The summed E-state index contributed by atoms with van der Waals surface area (Å²) in [5, 5.41) is 2.77. The van der Waals surface area contributed by atoms with Gasteiger partial charge in [-0.05, 0) is 18.2 Å². The van der Waals surface area contributed by atoms with Crippen LogP contribution in [0.3, 0.4) is 0 Å². The number of likely N-dealkylation sites (N-methyl/N-ethyl adjacent to an activating group) is 1. The van der Waals surface area contributed by atoms with Gasteiger partial charge in [0.25, 0.3) is 5.56 Å². The van der Waals surface area contributed by atoms with Crippen LogP contribution in [0.5, 0.6) is 0 Å². The molecule has 0 aliphatic carbocycles. The zero-order valence-electron chi connectivity index (χ0n) is 14.6. The molecule has 7 heteroatoms. The fraction of sp³-hybridized carbons (Fsp3) is 0.278. The Bertz CT molecular complexity index is 881. The Morgan fingerprint density at radius 3 is 2.56 bits per heavy atom. The average molecular weight is 342 g/mol. The summed E-state index contributed by atoms with van der Waals surface area (Å²) in [5.74, 6) is -0.294. The molecule has 0 aliphatic heterocycles. The fourth-order valence-corrected chi connectivity index (χ4v) is 2.33. The van der Waals surface area contributed by atoms with Gasteiger partial charge >= 0.3 is 5.69 Å².